The van der Waals surface area contributed by atoms with Gasteiger partial charge in [-0.2, -0.15) is 5.10 Å². The molecule has 4 nitrogen and oxygen atoms in total. The summed E-state index contributed by atoms with van der Waals surface area (Å²) in [5.74, 6) is 0. The van der Waals surface area contributed by atoms with E-state index in [2.05, 4.69) is 21.0 Å². The van der Waals surface area contributed by atoms with Gasteiger partial charge in [0.05, 0.1) is 9.86 Å². The van der Waals surface area contributed by atoms with Crippen LogP contribution in [0, 0.1) is 0 Å². The number of nitrogens with zero attached hydrogens (tertiary/aromatic N) is 3. The third-order valence-electron chi connectivity index (χ3n) is 2.35. The van der Waals surface area contributed by atoms with E-state index < -0.39 is 0 Å². The predicted octanol–water partition coefficient (Wildman–Crippen LogP) is 2.08. The fourth-order valence-electron chi connectivity index (χ4n) is 1.47. The molecule has 0 aromatic carbocycles. The second-order valence-electron chi connectivity index (χ2n) is 3.86. The molecular formula is C10H12BrN3O. The first-order valence-electron chi connectivity index (χ1n) is 4.74. The molecule has 2 aromatic heterocycles. The van der Waals surface area contributed by atoms with Gasteiger partial charge in [0.1, 0.15) is 5.52 Å². The minimum atomic E-state index is -0.0138. The van der Waals surface area contributed by atoms with Crippen LogP contribution < -0.4 is 5.56 Å². The van der Waals surface area contributed by atoms with Gasteiger partial charge in [-0.1, -0.05) is 0 Å². The first-order chi connectivity index (χ1) is 7.00. The van der Waals surface area contributed by atoms with E-state index in [1.54, 1.807) is 28.7 Å². The maximum Gasteiger partial charge on any atom is 0.261 e. The van der Waals surface area contributed by atoms with E-state index in [4.69, 9.17) is 0 Å². The van der Waals surface area contributed by atoms with Crippen LogP contribution in [0.5, 0.6) is 0 Å². The minimum absolute atomic E-state index is 0.0138. The number of hydrogen-bond acceptors (Lipinski definition) is 2. The van der Waals surface area contributed by atoms with Gasteiger partial charge in [0.15, 0.2) is 0 Å². The highest BCUT2D eigenvalue weighted by Gasteiger charge is 2.11. The van der Waals surface area contributed by atoms with Crippen molar-refractivity contribution in [3.63, 3.8) is 0 Å². The van der Waals surface area contributed by atoms with Crippen LogP contribution in [0.2, 0.25) is 0 Å². The molecule has 2 aromatic rings. The summed E-state index contributed by atoms with van der Waals surface area (Å²) in [5, 5.41) is 5.02. The Morgan fingerprint density at radius 1 is 1.40 bits per heavy atom. The Morgan fingerprint density at radius 2 is 2.07 bits per heavy atom. The molecule has 2 rings (SSSR count). The van der Waals surface area contributed by atoms with Crippen LogP contribution in [0.1, 0.15) is 19.9 Å². The zero-order chi connectivity index (χ0) is 11.2. The fourth-order valence-corrected chi connectivity index (χ4v) is 2.07. The van der Waals surface area contributed by atoms with Crippen molar-refractivity contribution in [1.29, 1.82) is 0 Å². The molecule has 0 saturated carbocycles. The van der Waals surface area contributed by atoms with Gasteiger partial charge in [0, 0.05) is 25.5 Å². The Labute approximate surface area is 95.6 Å². The summed E-state index contributed by atoms with van der Waals surface area (Å²) in [4.78, 5) is 11.8. The summed E-state index contributed by atoms with van der Waals surface area (Å²) in [5.41, 5.74) is 0.715. The molecule has 0 N–H and O–H groups in total. The predicted molar refractivity (Wildman–Crippen MR) is 63.1 cm³/mol. The number of hydrogen-bond donors (Lipinski definition) is 0. The van der Waals surface area contributed by atoms with Gasteiger partial charge in [0.25, 0.3) is 5.56 Å². The third kappa shape index (κ3) is 1.61. The Morgan fingerprint density at radius 3 is 2.67 bits per heavy atom. The molecule has 0 aliphatic rings. The zero-order valence-electron chi connectivity index (χ0n) is 8.86. The molecule has 0 fully saturated rings. The molecule has 5 heteroatoms. The summed E-state index contributed by atoms with van der Waals surface area (Å²) in [6.45, 7) is 4.06. The molecule has 0 bridgehead atoms. The number of halogens is 1. The number of pyridine rings is 1. The van der Waals surface area contributed by atoms with E-state index in [1.165, 1.54) is 0 Å². The molecule has 0 radical (unpaired) electrons. The summed E-state index contributed by atoms with van der Waals surface area (Å²) in [6, 6.07) is 0.258. The summed E-state index contributed by atoms with van der Waals surface area (Å²) >= 11 is 3.41. The first kappa shape index (κ1) is 10.4. The van der Waals surface area contributed by atoms with Crippen molar-refractivity contribution in [2.75, 3.05) is 0 Å². The second-order valence-corrected chi connectivity index (χ2v) is 4.71. The van der Waals surface area contributed by atoms with Crippen LogP contribution in [0.4, 0.5) is 0 Å². The third-order valence-corrected chi connectivity index (χ3v) is 2.93. The van der Waals surface area contributed by atoms with Crippen molar-refractivity contribution in [1.82, 2.24) is 14.3 Å². The summed E-state index contributed by atoms with van der Waals surface area (Å²) < 4.78 is 4.20. The van der Waals surface area contributed by atoms with Crippen LogP contribution in [0.25, 0.3) is 10.9 Å². The van der Waals surface area contributed by atoms with Crippen molar-refractivity contribution in [3.05, 3.63) is 27.2 Å². The maximum absolute atomic E-state index is 11.8. The van der Waals surface area contributed by atoms with Crippen molar-refractivity contribution in [3.8, 4) is 0 Å². The van der Waals surface area contributed by atoms with Gasteiger partial charge in [0.2, 0.25) is 0 Å². The zero-order valence-corrected chi connectivity index (χ0v) is 10.4. The van der Waals surface area contributed by atoms with Gasteiger partial charge in [-0.15, -0.1) is 0 Å². The molecule has 0 atom stereocenters. The lowest BCUT2D eigenvalue weighted by atomic mass is 10.3. The van der Waals surface area contributed by atoms with Crippen molar-refractivity contribution in [2.24, 2.45) is 7.05 Å². The highest BCUT2D eigenvalue weighted by atomic mass is 79.9. The summed E-state index contributed by atoms with van der Waals surface area (Å²) in [6.07, 6.45) is 3.54. The van der Waals surface area contributed by atoms with Crippen LogP contribution in [-0.2, 0) is 7.05 Å². The lowest BCUT2D eigenvalue weighted by Crippen LogP contribution is -2.15. The second kappa shape index (κ2) is 3.48. The smallest absolute Gasteiger partial charge is 0.261 e. The standard InChI is InChI=1S/C10H12BrN3O/c1-6(2)14-4-7-9(12-14)8(11)5-13(3)10(7)15/h4-6H,1-3H3. The van der Waals surface area contributed by atoms with Gasteiger partial charge < -0.3 is 4.57 Å². The molecular weight excluding hydrogens is 258 g/mol. The molecule has 0 saturated heterocycles. The number of fused-ring (bicyclic) bond motifs is 1. The number of aromatic nitrogens is 3. The molecule has 0 aliphatic carbocycles. The molecule has 0 aliphatic heterocycles. The average molecular weight is 270 g/mol. The number of aryl methyl sites for hydroxylation is 1. The van der Waals surface area contributed by atoms with Gasteiger partial charge in [-0.3, -0.25) is 9.48 Å². The molecule has 2 heterocycles. The molecule has 0 spiro atoms. The van der Waals surface area contributed by atoms with E-state index in [0.717, 1.165) is 9.99 Å². The average Bonchev–Trinajstić information content (AvgIpc) is 2.59. The normalized spacial score (nSPS) is 11.5. The van der Waals surface area contributed by atoms with Crippen LogP contribution in [0.3, 0.4) is 0 Å². The largest absolute Gasteiger partial charge is 0.317 e. The molecule has 15 heavy (non-hydrogen) atoms. The van der Waals surface area contributed by atoms with Crippen molar-refractivity contribution in [2.45, 2.75) is 19.9 Å². The maximum atomic E-state index is 11.8. The van der Waals surface area contributed by atoms with E-state index >= 15 is 0 Å². The Bertz CT molecular complexity index is 568. The highest BCUT2D eigenvalue weighted by Crippen LogP contribution is 2.20. The highest BCUT2D eigenvalue weighted by molar-refractivity contribution is 9.10. The van der Waals surface area contributed by atoms with Crippen molar-refractivity contribution < 1.29 is 0 Å². The van der Waals surface area contributed by atoms with Gasteiger partial charge in [-0.05, 0) is 29.8 Å². The monoisotopic (exact) mass is 269 g/mol. The topological polar surface area (TPSA) is 39.8 Å². The molecule has 80 valence electrons. The molecule has 0 amide bonds. The van der Waals surface area contributed by atoms with Gasteiger partial charge in [-0.25, -0.2) is 0 Å². The van der Waals surface area contributed by atoms with E-state index in [1.807, 2.05) is 13.8 Å². The number of rotatable bonds is 1. The summed E-state index contributed by atoms with van der Waals surface area (Å²) in [7, 11) is 1.74. The Balaban J connectivity index is 2.86. The van der Waals surface area contributed by atoms with Crippen LogP contribution in [-0.4, -0.2) is 14.3 Å². The SMILES string of the molecule is CC(C)n1cc2c(=O)n(C)cc(Br)c2n1. The van der Waals surface area contributed by atoms with Gasteiger partial charge >= 0.3 is 0 Å². The Hall–Kier alpha value is -1.10. The van der Waals surface area contributed by atoms with E-state index in [-0.39, 0.29) is 11.6 Å². The first-order valence-corrected chi connectivity index (χ1v) is 5.54. The Kier molecular flexibility index (Phi) is 2.42. The molecule has 0 unspecified atom stereocenters. The lowest BCUT2D eigenvalue weighted by molar-refractivity contribution is 0.537. The quantitative estimate of drug-likeness (QED) is 0.795. The van der Waals surface area contributed by atoms with E-state index in [0.29, 0.717) is 5.39 Å². The lowest BCUT2D eigenvalue weighted by Gasteiger charge is -2.02. The van der Waals surface area contributed by atoms with E-state index in [9.17, 15) is 4.79 Å². The minimum Gasteiger partial charge on any atom is -0.317 e. The fraction of sp³-hybridized carbons (Fsp3) is 0.400. The van der Waals surface area contributed by atoms with Crippen molar-refractivity contribution >= 4 is 26.8 Å². The van der Waals surface area contributed by atoms with Crippen LogP contribution in [0.15, 0.2) is 21.7 Å². The van der Waals surface area contributed by atoms with Crippen LogP contribution >= 0.6 is 15.9 Å².